The molecule has 0 radical (unpaired) electrons. The number of urea groups is 1. The van der Waals surface area contributed by atoms with Gasteiger partial charge >= 0.3 is 6.03 Å². The number of anilines is 1. The van der Waals surface area contributed by atoms with E-state index in [-0.39, 0.29) is 29.3 Å². The second-order valence-corrected chi connectivity index (χ2v) is 8.76. The number of benzene rings is 1. The lowest BCUT2D eigenvalue weighted by Crippen LogP contribution is -2.51. The van der Waals surface area contributed by atoms with Gasteiger partial charge < -0.3 is 20.1 Å². The Morgan fingerprint density at radius 2 is 1.90 bits per heavy atom. The Morgan fingerprint density at radius 1 is 1.06 bits per heavy atom. The summed E-state index contributed by atoms with van der Waals surface area (Å²) in [6, 6.07) is 13.3. The molecule has 5 rings (SSSR count). The van der Waals surface area contributed by atoms with Gasteiger partial charge in [0.25, 0.3) is 5.56 Å². The van der Waals surface area contributed by atoms with Crippen LogP contribution in [-0.2, 0) is 17.9 Å². The Bertz CT molecular complexity index is 1050. The highest BCUT2D eigenvalue weighted by molar-refractivity contribution is 5.89. The van der Waals surface area contributed by atoms with Crippen molar-refractivity contribution >= 4 is 17.6 Å². The molecule has 2 N–H and O–H groups in total. The third-order valence-corrected chi connectivity index (χ3v) is 6.51. The average molecular weight is 422 g/mol. The first-order valence-electron chi connectivity index (χ1n) is 10.9. The minimum absolute atomic E-state index is 0.00714. The van der Waals surface area contributed by atoms with Gasteiger partial charge in [-0.25, -0.2) is 4.79 Å². The number of pyridine rings is 1. The van der Waals surface area contributed by atoms with Crippen LogP contribution < -0.4 is 16.2 Å². The Kier molecular flexibility index (Phi) is 5.23. The molecule has 3 aliphatic heterocycles. The molecule has 0 spiro atoms. The number of hydrogen-bond donors (Lipinski definition) is 2. The van der Waals surface area contributed by atoms with E-state index in [2.05, 4.69) is 10.6 Å². The summed E-state index contributed by atoms with van der Waals surface area (Å²) in [5.74, 6) is 0.436. The number of carbonyl (C=O) groups is 2. The minimum Gasteiger partial charge on any atom is -0.354 e. The van der Waals surface area contributed by atoms with E-state index >= 15 is 0 Å². The molecule has 2 saturated heterocycles. The Morgan fingerprint density at radius 3 is 2.71 bits per heavy atom. The number of aromatic nitrogens is 1. The molecule has 8 nitrogen and oxygen atoms in total. The number of fused-ring (bicyclic) bond motifs is 4. The highest BCUT2D eigenvalue weighted by Gasteiger charge is 2.36. The van der Waals surface area contributed by atoms with E-state index in [9.17, 15) is 14.4 Å². The zero-order valence-corrected chi connectivity index (χ0v) is 17.4. The first kappa shape index (κ1) is 19.8. The number of nitrogens with one attached hydrogen (secondary N) is 2. The molecular weight excluding hydrogens is 394 g/mol. The van der Waals surface area contributed by atoms with Crippen LogP contribution >= 0.6 is 0 Å². The Hall–Kier alpha value is -3.13. The summed E-state index contributed by atoms with van der Waals surface area (Å²) in [6.45, 7) is 4.09. The number of likely N-dealkylation sites (tertiary alicyclic amines) is 1. The number of amides is 3. The Labute approximate surface area is 180 Å². The summed E-state index contributed by atoms with van der Waals surface area (Å²) in [5, 5.41) is 5.79. The smallest absolute Gasteiger partial charge is 0.321 e. The molecule has 2 aromatic rings. The lowest BCUT2D eigenvalue weighted by molar-refractivity contribution is -0.124. The molecule has 162 valence electrons. The predicted molar refractivity (Wildman–Crippen MR) is 117 cm³/mol. The third kappa shape index (κ3) is 4.07. The van der Waals surface area contributed by atoms with Gasteiger partial charge in [-0.3, -0.25) is 14.5 Å². The number of piperazine rings is 1. The van der Waals surface area contributed by atoms with Crippen LogP contribution in [0.4, 0.5) is 10.5 Å². The van der Waals surface area contributed by atoms with Gasteiger partial charge in [-0.2, -0.15) is 0 Å². The van der Waals surface area contributed by atoms with Crippen molar-refractivity contribution in [3.8, 4) is 0 Å². The zero-order valence-electron chi connectivity index (χ0n) is 17.4. The summed E-state index contributed by atoms with van der Waals surface area (Å²) in [5.41, 5.74) is 2.58. The molecule has 0 aliphatic carbocycles. The van der Waals surface area contributed by atoms with Crippen molar-refractivity contribution in [2.75, 3.05) is 38.0 Å². The summed E-state index contributed by atoms with van der Waals surface area (Å²) >= 11 is 0. The molecule has 3 aliphatic rings. The molecule has 4 heterocycles. The summed E-state index contributed by atoms with van der Waals surface area (Å²) < 4.78 is 1.91. The number of nitrogens with zero attached hydrogens (tertiary/aromatic N) is 3. The Balaban J connectivity index is 1.32. The van der Waals surface area contributed by atoms with Crippen molar-refractivity contribution in [1.82, 2.24) is 19.7 Å². The molecule has 0 unspecified atom stereocenters. The van der Waals surface area contributed by atoms with Crippen molar-refractivity contribution in [3.05, 3.63) is 64.1 Å². The monoisotopic (exact) mass is 421 g/mol. The molecule has 2 fully saturated rings. The molecule has 31 heavy (non-hydrogen) atoms. The third-order valence-electron chi connectivity index (χ3n) is 6.51. The highest BCUT2D eigenvalue weighted by atomic mass is 16.2. The predicted octanol–water partition coefficient (Wildman–Crippen LogP) is 1.43. The largest absolute Gasteiger partial charge is 0.354 e. The van der Waals surface area contributed by atoms with E-state index < -0.39 is 0 Å². The number of piperidine rings is 1. The fourth-order valence-electron chi connectivity index (χ4n) is 5.07. The van der Waals surface area contributed by atoms with Crippen LogP contribution in [0.1, 0.15) is 23.6 Å². The maximum absolute atomic E-state index is 13.2. The van der Waals surface area contributed by atoms with Crippen LogP contribution in [0.5, 0.6) is 0 Å². The van der Waals surface area contributed by atoms with Crippen molar-refractivity contribution in [2.45, 2.75) is 25.4 Å². The second kappa shape index (κ2) is 8.19. The fourth-order valence-corrected chi connectivity index (χ4v) is 5.07. The molecular formula is C23H27N5O3. The van der Waals surface area contributed by atoms with Crippen LogP contribution in [0.15, 0.2) is 47.3 Å². The average Bonchev–Trinajstić information content (AvgIpc) is 2.77. The maximum Gasteiger partial charge on any atom is 0.321 e. The normalized spacial score (nSPS) is 23.1. The minimum atomic E-state index is -0.0864. The van der Waals surface area contributed by atoms with Crippen LogP contribution in [0, 0.1) is 5.92 Å². The number of rotatable bonds is 3. The van der Waals surface area contributed by atoms with Gasteiger partial charge in [0.05, 0.1) is 6.54 Å². The zero-order chi connectivity index (χ0) is 21.4. The van der Waals surface area contributed by atoms with Gasteiger partial charge in [0.2, 0.25) is 5.91 Å². The van der Waals surface area contributed by atoms with Crippen molar-refractivity contribution in [2.24, 2.45) is 5.92 Å². The molecule has 0 saturated carbocycles. The van der Waals surface area contributed by atoms with Gasteiger partial charge in [-0.1, -0.05) is 24.3 Å². The van der Waals surface area contributed by atoms with Gasteiger partial charge in [-0.05, 0) is 30.5 Å². The van der Waals surface area contributed by atoms with Crippen LogP contribution in [0.2, 0.25) is 0 Å². The van der Waals surface area contributed by atoms with E-state index in [4.69, 9.17) is 0 Å². The van der Waals surface area contributed by atoms with Crippen molar-refractivity contribution in [1.29, 1.82) is 0 Å². The molecule has 1 aromatic carbocycles. The molecule has 2 bridgehead atoms. The molecule has 2 atom stereocenters. The fraction of sp³-hybridized carbons (Fsp3) is 0.435. The van der Waals surface area contributed by atoms with Crippen LogP contribution in [0.25, 0.3) is 0 Å². The highest BCUT2D eigenvalue weighted by Crippen LogP contribution is 2.35. The molecule has 8 heteroatoms. The SMILES string of the molecule is O=C1CN(Cc2ccc3n(c2=O)C[C@H]2C[C@@H]3CN(C(=O)Nc3ccccc3)C2)CCN1. The van der Waals surface area contributed by atoms with E-state index in [1.807, 2.05) is 56.8 Å². The van der Waals surface area contributed by atoms with Gasteiger partial charge in [0.1, 0.15) is 0 Å². The number of carbonyl (C=O) groups excluding carboxylic acids is 2. The van der Waals surface area contributed by atoms with Gasteiger partial charge in [0, 0.05) is 62.1 Å². The van der Waals surface area contributed by atoms with Gasteiger partial charge in [-0.15, -0.1) is 0 Å². The van der Waals surface area contributed by atoms with E-state index in [1.165, 1.54) is 0 Å². The quantitative estimate of drug-likeness (QED) is 0.785. The molecule has 1 aromatic heterocycles. The second-order valence-electron chi connectivity index (χ2n) is 8.76. The van der Waals surface area contributed by atoms with E-state index in [1.54, 1.807) is 0 Å². The summed E-state index contributed by atoms with van der Waals surface area (Å²) in [7, 11) is 0. The lowest BCUT2D eigenvalue weighted by atomic mass is 9.83. The topological polar surface area (TPSA) is 86.7 Å². The van der Waals surface area contributed by atoms with Crippen LogP contribution in [-0.4, -0.2) is 59.0 Å². The lowest BCUT2D eigenvalue weighted by Gasteiger charge is -2.42. The van der Waals surface area contributed by atoms with E-state index in [0.29, 0.717) is 39.3 Å². The summed E-state index contributed by atoms with van der Waals surface area (Å²) in [6.07, 6.45) is 1.00. The molecule has 3 amide bonds. The van der Waals surface area contributed by atoms with E-state index in [0.717, 1.165) is 29.9 Å². The summed E-state index contributed by atoms with van der Waals surface area (Å²) in [4.78, 5) is 41.5. The number of para-hydroxylation sites is 1. The standard InChI is InChI=1S/C23H27N5O3/c29-21-15-26(9-8-24-21)13-17-6-7-20-18-10-16(12-28(20)22(17)30)11-27(14-18)23(31)25-19-4-2-1-3-5-19/h1-7,16,18H,8-15H2,(H,24,29)(H,25,31)/t16-,18+/m0/s1. The van der Waals surface area contributed by atoms with Crippen molar-refractivity contribution < 1.29 is 9.59 Å². The first-order valence-corrected chi connectivity index (χ1v) is 10.9. The van der Waals surface area contributed by atoms with Crippen molar-refractivity contribution in [3.63, 3.8) is 0 Å². The first-order chi connectivity index (χ1) is 15.1. The maximum atomic E-state index is 13.2. The number of hydrogen-bond acceptors (Lipinski definition) is 4. The van der Waals surface area contributed by atoms with Crippen LogP contribution in [0.3, 0.4) is 0 Å². The van der Waals surface area contributed by atoms with Gasteiger partial charge in [0.15, 0.2) is 0 Å².